The van der Waals surface area contributed by atoms with Crippen LogP contribution < -0.4 is 15.8 Å². The van der Waals surface area contributed by atoms with Crippen molar-refractivity contribution in [1.29, 1.82) is 0 Å². The van der Waals surface area contributed by atoms with Gasteiger partial charge in [0.05, 0.1) is 7.11 Å². The van der Waals surface area contributed by atoms with Gasteiger partial charge >= 0.3 is 0 Å². The van der Waals surface area contributed by atoms with Gasteiger partial charge in [-0.15, -0.1) is 0 Å². The first-order chi connectivity index (χ1) is 13.3. The number of nitrogens with one attached hydrogen (secondary N) is 1. The summed E-state index contributed by atoms with van der Waals surface area (Å²) in [6, 6.07) is 9.84. The van der Waals surface area contributed by atoms with E-state index in [1.54, 1.807) is 7.11 Å². The van der Waals surface area contributed by atoms with E-state index in [1.165, 1.54) is 16.4 Å². The first-order valence-electron chi connectivity index (χ1n) is 8.41. The van der Waals surface area contributed by atoms with Crippen LogP contribution in [0.5, 0.6) is 5.75 Å². The molecule has 28 heavy (non-hydrogen) atoms. The van der Waals surface area contributed by atoms with Crippen molar-refractivity contribution in [1.82, 2.24) is 9.21 Å². The highest BCUT2D eigenvalue weighted by atomic mass is 32.2. The standard InChI is InChI=1S/C17H20N4O5S2/c1-25-13-4-2-3-12(11-13)19-17(27)20-7-9-21(10-8-20)28(23,24)15-6-5-14(26-15)16(18)22/h2-6,11H,7-10H2,1H3,(H2,18,22)(H,19,27). The fourth-order valence-corrected chi connectivity index (χ4v) is 4.39. The maximum Gasteiger partial charge on any atom is 0.284 e. The summed E-state index contributed by atoms with van der Waals surface area (Å²) >= 11 is 5.43. The average molecular weight is 425 g/mol. The number of carbonyl (C=O) groups excluding carboxylic acids is 1. The number of benzene rings is 1. The predicted octanol–water partition coefficient (Wildman–Crippen LogP) is 1.09. The fourth-order valence-electron chi connectivity index (χ4n) is 2.75. The largest absolute Gasteiger partial charge is 0.497 e. The molecule has 1 aliphatic rings. The van der Waals surface area contributed by atoms with Crippen molar-refractivity contribution >= 4 is 38.9 Å². The normalized spacial score (nSPS) is 15.2. The van der Waals surface area contributed by atoms with Crippen LogP contribution in [0.15, 0.2) is 45.9 Å². The molecule has 2 aromatic rings. The van der Waals surface area contributed by atoms with Crippen molar-refractivity contribution in [3.63, 3.8) is 0 Å². The summed E-state index contributed by atoms with van der Waals surface area (Å²) < 4.78 is 36.9. The van der Waals surface area contributed by atoms with E-state index in [4.69, 9.17) is 27.1 Å². The second-order valence-corrected chi connectivity index (χ2v) is 8.29. The first-order valence-corrected chi connectivity index (χ1v) is 10.3. The lowest BCUT2D eigenvalue weighted by atomic mass is 10.3. The molecule has 0 radical (unpaired) electrons. The number of primary amides is 1. The summed E-state index contributed by atoms with van der Waals surface area (Å²) in [5, 5.41) is 3.33. The quantitative estimate of drug-likeness (QED) is 0.685. The van der Waals surface area contributed by atoms with Crippen molar-refractivity contribution in [2.75, 3.05) is 38.6 Å². The van der Waals surface area contributed by atoms with Crippen LogP contribution in [0, 0.1) is 0 Å². The molecule has 1 saturated heterocycles. The molecule has 1 amide bonds. The minimum Gasteiger partial charge on any atom is -0.497 e. The van der Waals surface area contributed by atoms with Gasteiger partial charge in [0.2, 0.25) is 5.09 Å². The van der Waals surface area contributed by atoms with Crippen molar-refractivity contribution in [3.8, 4) is 5.75 Å². The molecule has 0 spiro atoms. The lowest BCUT2D eigenvalue weighted by molar-refractivity contribution is 0.0968. The summed E-state index contributed by atoms with van der Waals surface area (Å²) in [7, 11) is -2.25. The lowest BCUT2D eigenvalue weighted by Gasteiger charge is -2.35. The number of ether oxygens (including phenoxy) is 1. The van der Waals surface area contributed by atoms with E-state index in [9.17, 15) is 13.2 Å². The zero-order valence-electron chi connectivity index (χ0n) is 15.1. The Labute approximate surface area is 168 Å². The Morgan fingerprint density at radius 3 is 2.54 bits per heavy atom. The van der Waals surface area contributed by atoms with E-state index >= 15 is 0 Å². The number of methoxy groups -OCH3 is 1. The maximum atomic E-state index is 12.7. The Morgan fingerprint density at radius 1 is 1.21 bits per heavy atom. The van der Waals surface area contributed by atoms with Gasteiger partial charge in [0, 0.05) is 37.9 Å². The second kappa shape index (κ2) is 8.17. The molecule has 3 rings (SSSR count). The Kier molecular flexibility index (Phi) is 5.87. The van der Waals surface area contributed by atoms with Crippen molar-refractivity contribution in [2.24, 2.45) is 5.73 Å². The van der Waals surface area contributed by atoms with E-state index in [-0.39, 0.29) is 23.9 Å². The monoisotopic (exact) mass is 424 g/mol. The van der Waals surface area contributed by atoms with Gasteiger partial charge in [-0.1, -0.05) is 6.07 Å². The maximum absolute atomic E-state index is 12.7. The third-order valence-electron chi connectivity index (χ3n) is 4.27. The van der Waals surface area contributed by atoms with E-state index in [1.807, 2.05) is 29.2 Å². The summed E-state index contributed by atoms with van der Waals surface area (Å²) in [6.45, 7) is 1.29. The van der Waals surface area contributed by atoms with Crippen LogP contribution >= 0.6 is 12.2 Å². The van der Waals surface area contributed by atoms with Gasteiger partial charge in [0.25, 0.3) is 15.9 Å². The highest BCUT2D eigenvalue weighted by Crippen LogP contribution is 2.21. The fraction of sp³-hybridized carbons (Fsp3) is 0.294. The molecule has 150 valence electrons. The predicted molar refractivity (Wildman–Crippen MR) is 107 cm³/mol. The SMILES string of the molecule is COc1cccc(NC(=S)N2CCN(S(=O)(=O)c3ccc(C(N)=O)o3)CC2)c1. The number of thiocarbonyl (C=S) groups is 1. The Bertz CT molecular complexity index is 981. The number of sulfonamides is 1. The molecule has 0 unspecified atom stereocenters. The second-order valence-electron chi connectivity index (χ2n) is 6.04. The minimum atomic E-state index is -3.84. The third kappa shape index (κ3) is 4.26. The topological polar surface area (TPSA) is 118 Å². The van der Waals surface area contributed by atoms with Crippen molar-refractivity contribution in [3.05, 3.63) is 42.2 Å². The number of hydrogen-bond donors (Lipinski definition) is 2. The van der Waals surface area contributed by atoms with Crippen LogP contribution in [-0.4, -0.2) is 61.9 Å². The number of furan rings is 1. The molecule has 1 aromatic carbocycles. The smallest absolute Gasteiger partial charge is 0.284 e. The Hall–Kier alpha value is -2.63. The summed E-state index contributed by atoms with van der Waals surface area (Å²) in [4.78, 5) is 13.0. The number of nitrogens with two attached hydrogens (primary N) is 1. The molecule has 0 aliphatic carbocycles. The van der Waals surface area contributed by atoms with Gasteiger partial charge in [0.15, 0.2) is 10.9 Å². The zero-order chi connectivity index (χ0) is 20.3. The van der Waals surface area contributed by atoms with Crippen LogP contribution in [0.25, 0.3) is 0 Å². The van der Waals surface area contributed by atoms with Crippen LogP contribution in [0.2, 0.25) is 0 Å². The number of nitrogens with zero attached hydrogens (tertiary/aromatic N) is 2. The molecular weight excluding hydrogens is 404 g/mol. The number of rotatable bonds is 5. The molecule has 3 N–H and O–H groups in total. The molecule has 1 aliphatic heterocycles. The van der Waals surface area contributed by atoms with Gasteiger partial charge < -0.3 is 25.1 Å². The van der Waals surface area contributed by atoms with Crippen molar-refractivity contribution < 1.29 is 22.4 Å². The van der Waals surface area contributed by atoms with Crippen LogP contribution in [-0.2, 0) is 10.0 Å². The molecular formula is C17H20N4O5S2. The summed E-state index contributed by atoms with van der Waals surface area (Å²) in [5.74, 6) is -0.307. The Balaban J connectivity index is 1.61. The van der Waals surface area contributed by atoms with Crippen LogP contribution in [0.4, 0.5) is 5.69 Å². The minimum absolute atomic E-state index is 0.194. The zero-order valence-corrected chi connectivity index (χ0v) is 16.8. The van der Waals surface area contributed by atoms with Crippen molar-refractivity contribution in [2.45, 2.75) is 5.09 Å². The van der Waals surface area contributed by atoms with E-state index in [0.29, 0.717) is 24.0 Å². The number of hydrogen-bond acceptors (Lipinski definition) is 6. The highest BCUT2D eigenvalue weighted by molar-refractivity contribution is 7.89. The van der Waals surface area contributed by atoms with Crippen LogP contribution in [0.3, 0.4) is 0 Å². The first kappa shape index (κ1) is 20.1. The number of amides is 1. The molecule has 11 heteroatoms. The highest BCUT2D eigenvalue weighted by Gasteiger charge is 2.32. The molecule has 0 atom stereocenters. The van der Waals surface area contributed by atoms with Gasteiger partial charge in [-0.3, -0.25) is 4.79 Å². The molecule has 9 nitrogen and oxygen atoms in total. The number of carbonyl (C=O) groups is 1. The summed E-state index contributed by atoms with van der Waals surface area (Å²) in [6.07, 6.45) is 0. The number of anilines is 1. The molecule has 0 bridgehead atoms. The third-order valence-corrected chi connectivity index (χ3v) is 6.40. The van der Waals surface area contributed by atoms with Gasteiger partial charge in [-0.25, -0.2) is 8.42 Å². The summed E-state index contributed by atoms with van der Waals surface area (Å²) in [5.41, 5.74) is 5.89. The molecule has 1 aromatic heterocycles. The average Bonchev–Trinajstić information content (AvgIpc) is 3.20. The molecule has 1 fully saturated rings. The Morgan fingerprint density at radius 2 is 1.93 bits per heavy atom. The lowest BCUT2D eigenvalue weighted by Crippen LogP contribution is -2.51. The van der Waals surface area contributed by atoms with Crippen LogP contribution in [0.1, 0.15) is 10.6 Å². The van der Waals surface area contributed by atoms with Gasteiger partial charge in [-0.2, -0.15) is 4.31 Å². The van der Waals surface area contributed by atoms with E-state index in [2.05, 4.69) is 5.32 Å². The van der Waals surface area contributed by atoms with Gasteiger partial charge in [0.1, 0.15) is 5.75 Å². The van der Waals surface area contributed by atoms with Gasteiger partial charge in [-0.05, 0) is 36.5 Å². The van der Waals surface area contributed by atoms with E-state index < -0.39 is 15.9 Å². The molecule has 2 heterocycles. The van der Waals surface area contributed by atoms with E-state index in [0.717, 1.165) is 5.69 Å². The number of piperazine rings is 1. The molecule has 0 saturated carbocycles.